The summed E-state index contributed by atoms with van der Waals surface area (Å²) in [6, 6.07) is 23.5. The fraction of sp³-hybridized carbons (Fsp3) is 0.185. The van der Waals surface area contributed by atoms with E-state index in [1.807, 2.05) is 0 Å². The summed E-state index contributed by atoms with van der Waals surface area (Å²) in [5, 5.41) is 50.1. The molecule has 4 aromatic carbocycles. The van der Waals surface area contributed by atoms with Gasteiger partial charge in [0.25, 0.3) is 28.2 Å². The van der Waals surface area contributed by atoms with E-state index in [1.54, 1.807) is 49.5 Å². The third kappa shape index (κ3) is 26.2. The number of rotatable bonds is 21. The molecule has 532 valence electrons. The molecule has 0 aliphatic rings. The van der Waals surface area contributed by atoms with Crippen molar-refractivity contribution in [1.82, 2.24) is 78.1 Å². The van der Waals surface area contributed by atoms with E-state index >= 15 is 0 Å². The summed E-state index contributed by atoms with van der Waals surface area (Å²) >= 11 is 0. The summed E-state index contributed by atoms with van der Waals surface area (Å²) < 4.78 is 11.4. The topological polar surface area (TPSA) is 555 Å². The standard InChI is InChI=1S/C17H17N5O4.3C15H13N5O4.C2H4O2.CH4.3K/c1-2-26-17(25)11-3-5-12(6-4-11)21-13(23)7-8-22-10-20-14-15(22)18-9-19-16(14)24;3*21-11(19-10-3-1-9(2-4-10)15(23)24)5-6-20-8-18-12-13(20)16-7-17-14(12)22;1-2(3)4;;;;/h3-6,9-10H,2,7-8H2,1H3,(H,21,23)(H,18,19,24);3*1-4,7-8H,5-6H2,(H,19,21)(H,23,24)(H,16,17,22);1H3,(H,3,4);1H4;;;/q;;;;;;3*+1/p-3. The van der Waals surface area contributed by atoms with Crippen molar-refractivity contribution >= 4 is 121 Å². The number of aromatic nitrogens is 16. The molecule has 9 N–H and O–H groups in total. The number of aromatic amines is 4. The predicted molar refractivity (Wildman–Crippen MR) is 360 cm³/mol. The molecule has 106 heavy (non-hydrogen) atoms. The molecular weight excluding hydrogens is 1470 g/mol. The number of hydrogen-bond donors (Lipinski definition) is 9. The van der Waals surface area contributed by atoms with Gasteiger partial charge in [-0.2, -0.15) is 0 Å². The number of aliphatic carboxylic acids is 1. The minimum atomic E-state index is -1.28. The van der Waals surface area contributed by atoms with Crippen molar-refractivity contribution in [2.75, 3.05) is 27.9 Å². The number of carboxylic acids is 4. The minimum absolute atomic E-state index is 0. The number of anilines is 4. The Balaban J connectivity index is 0.000000290. The molecule has 0 saturated carbocycles. The smallest absolute Gasteiger partial charge is 0.545 e. The molecule has 4 amide bonds. The van der Waals surface area contributed by atoms with Crippen LogP contribution in [-0.4, -0.2) is 143 Å². The first-order valence-electron chi connectivity index (χ1n) is 30.1. The number of hydrogen-bond acceptors (Lipinski definition) is 25. The summed E-state index contributed by atoms with van der Waals surface area (Å²) in [6.07, 6.45) is 11.6. The van der Waals surface area contributed by atoms with Crippen LogP contribution in [0.25, 0.3) is 44.7 Å². The van der Waals surface area contributed by atoms with Crippen LogP contribution in [0.2, 0.25) is 0 Å². The number of fused-ring (bicyclic) bond motifs is 4. The molecule has 0 atom stereocenters. The van der Waals surface area contributed by atoms with Gasteiger partial charge in [-0.3, -0.25) is 43.2 Å². The van der Waals surface area contributed by atoms with Crippen LogP contribution in [0, 0.1) is 0 Å². The normalized spacial score (nSPS) is 10.1. The van der Waals surface area contributed by atoms with Crippen LogP contribution in [0.5, 0.6) is 0 Å². The second-order valence-corrected chi connectivity index (χ2v) is 21.0. The van der Waals surface area contributed by atoms with Gasteiger partial charge in [-0.1, -0.05) is 43.8 Å². The molecule has 0 bridgehead atoms. The molecule has 0 unspecified atom stereocenters. The molecule has 41 heteroatoms. The van der Waals surface area contributed by atoms with Gasteiger partial charge in [0.15, 0.2) is 44.7 Å². The number of H-pyrrole nitrogens is 4. The zero-order valence-corrected chi connectivity index (χ0v) is 65.8. The molecule has 12 rings (SSSR count). The van der Waals surface area contributed by atoms with Crippen molar-refractivity contribution in [3.05, 3.63) is 211 Å². The van der Waals surface area contributed by atoms with Crippen molar-refractivity contribution in [1.29, 1.82) is 0 Å². The fourth-order valence-electron chi connectivity index (χ4n) is 8.98. The van der Waals surface area contributed by atoms with Gasteiger partial charge >= 0.3 is 160 Å². The van der Waals surface area contributed by atoms with Crippen molar-refractivity contribution in [2.45, 2.75) is 73.1 Å². The molecule has 0 aliphatic heterocycles. The van der Waals surface area contributed by atoms with Crippen LogP contribution >= 0.6 is 0 Å². The summed E-state index contributed by atoms with van der Waals surface area (Å²) in [5.41, 5.74) is 3.77. The van der Waals surface area contributed by atoms with Gasteiger partial charge in [0, 0.05) is 81.5 Å². The second kappa shape index (κ2) is 43.8. The van der Waals surface area contributed by atoms with E-state index in [0.717, 1.165) is 6.92 Å². The van der Waals surface area contributed by atoms with E-state index in [-0.39, 0.29) is 272 Å². The molecule has 12 aromatic rings. The maximum absolute atomic E-state index is 12.1. The first-order chi connectivity index (χ1) is 48.9. The molecule has 8 aromatic heterocycles. The van der Waals surface area contributed by atoms with Gasteiger partial charge in [0.05, 0.1) is 80.7 Å². The SMILES string of the molecule is C.CC(=O)O.CCOC(=O)c1ccc(NC(=O)CCn2cnc3c(=O)[nH]cnc32)cc1.O=C(CCn1cnc2c(=O)[nH]cnc21)Nc1ccc(C(=O)[O-])cc1.O=C(CCn1cnc2c(=O)[nH]cnc21)Nc1ccc(C(=O)[O-])cc1.O=C(CCn1cnc2c(=O)[nH]cnc21)Nc1ccc(C(=O)[O-])cc1.[K+].[K+].[K+]. The molecular formula is C65H61K3N20O18. The number of amides is 4. The summed E-state index contributed by atoms with van der Waals surface area (Å²) in [6.45, 7) is 4.37. The Labute approximate surface area is 724 Å². The van der Waals surface area contributed by atoms with Crippen molar-refractivity contribution in [3.8, 4) is 0 Å². The van der Waals surface area contributed by atoms with Crippen LogP contribution in [0.1, 0.15) is 88.4 Å². The number of imidazole rings is 4. The molecule has 38 nitrogen and oxygen atoms in total. The number of nitrogens with zero attached hydrogens (tertiary/aromatic N) is 12. The van der Waals surface area contributed by atoms with Gasteiger partial charge in [0.2, 0.25) is 23.6 Å². The number of benzene rings is 4. The molecule has 0 aliphatic carbocycles. The van der Waals surface area contributed by atoms with Crippen molar-refractivity contribution < 1.29 is 222 Å². The zero-order valence-electron chi connectivity index (χ0n) is 56.5. The largest absolute Gasteiger partial charge is 1.00 e. The van der Waals surface area contributed by atoms with Gasteiger partial charge in [0.1, 0.15) is 0 Å². The Bertz CT molecular complexity index is 4910. The van der Waals surface area contributed by atoms with Crippen molar-refractivity contribution in [3.63, 3.8) is 0 Å². The second-order valence-electron chi connectivity index (χ2n) is 21.0. The number of aryl methyl sites for hydroxylation is 4. The predicted octanol–water partition coefficient (Wildman–Crippen LogP) is -8.40. The van der Waals surface area contributed by atoms with E-state index in [9.17, 15) is 72.9 Å². The van der Waals surface area contributed by atoms with Crippen LogP contribution in [0.3, 0.4) is 0 Å². The van der Waals surface area contributed by atoms with Gasteiger partial charge in [-0.05, 0) is 84.3 Å². The summed E-state index contributed by atoms with van der Waals surface area (Å²) in [5.74, 6) is -6.05. The number of aromatic carboxylic acids is 3. The summed E-state index contributed by atoms with van der Waals surface area (Å²) in [4.78, 5) is 189. The van der Waals surface area contributed by atoms with Crippen LogP contribution in [0.4, 0.5) is 22.7 Å². The van der Waals surface area contributed by atoms with E-state index in [2.05, 4.69) is 81.1 Å². The van der Waals surface area contributed by atoms with E-state index in [4.69, 9.17) is 14.6 Å². The number of esters is 1. The maximum Gasteiger partial charge on any atom is 1.00 e. The van der Waals surface area contributed by atoms with Gasteiger partial charge < -0.3 is 99.0 Å². The quantitative estimate of drug-likeness (QED) is 0.0238. The Morgan fingerprint density at radius 2 is 0.594 bits per heavy atom. The molecule has 0 fully saturated rings. The number of nitrogens with one attached hydrogen (secondary N) is 8. The number of carbonyl (C=O) groups is 9. The third-order valence-electron chi connectivity index (χ3n) is 13.8. The number of ether oxygens (including phenoxy) is 1. The average molecular weight is 1530 g/mol. The Morgan fingerprint density at radius 1 is 0.387 bits per heavy atom. The third-order valence-corrected chi connectivity index (χ3v) is 13.8. The monoisotopic (exact) mass is 1530 g/mol. The Morgan fingerprint density at radius 3 is 0.792 bits per heavy atom. The van der Waals surface area contributed by atoms with Gasteiger partial charge in [-0.15, -0.1) is 0 Å². The fourth-order valence-corrected chi connectivity index (χ4v) is 8.98. The first kappa shape index (κ1) is 88.8. The number of carbonyl (C=O) groups excluding carboxylic acids is 8. The van der Waals surface area contributed by atoms with E-state index in [1.165, 1.54) is 123 Å². The Hall–Kier alpha value is -9.58. The van der Waals surface area contributed by atoms with E-state index in [0.29, 0.717) is 83.7 Å². The maximum atomic E-state index is 12.1. The Kier molecular flexibility index (Phi) is 36.7. The van der Waals surface area contributed by atoms with Crippen LogP contribution in [0.15, 0.2) is 167 Å². The zero-order chi connectivity index (χ0) is 73.4. The molecule has 8 heterocycles. The first-order valence-corrected chi connectivity index (χ1v) is 30.1. The molecule has 0 radical (unpaired) electrons. The number of carboxylic acid groups (broad SMARTS) is 4. The van der Waals surface area contributed by atoms with Crippen LogP contribution in [-0.2, 0) is 54.9 Å². The van der Waals surface area contributed by atoms with Gasteiger partial charge in [-0.25, -0.2) is 44.7 Å². The van der Waals surface area contributed by atoms with E-state index < -0.39 is 29.8 Å². The van der Waals surface area contributed by atoms with Crippen LogP contribution < -0.4 is 213 Å². The minimum Gasteiger partial charge on any atom is -0.545 e. The van der Waals surface area contributed by atoms with Crippen molar-refractivity contribution in [2.24, 2.45) is 0 Å². The average Bonchev–Trinajstić information content (AvgIpc) is 1.69. The molecule has 0 saturated heterocycles. The molecule has 0 spiro atoms. The summed E-state index contributed by atoms with van der Waals surface area (Å²) in [7, 11) is 0.